The van der Waals surface area contributed by atoms with Crippen LogP contribution in [0, 0.1) is 23.7 Å². The average molecular weight is 973 g/mol. The molecule has 3 heterocycles. The van der Waals surface area contributed by atoms with E-state index in [2.05, 4.69) is 0 Å². The first kappa shape index (κ1) is 58.1. The van der Waals surface area contributed by atoms with Crippen molar-refractivity contribution in [3.05, 3.63) is 0 Å². The van der Waals surface area contributed by atoms with E-state index in [1.807, 2.05) is 60.5 Å². The van der Waals surface area contributed by atoms with Crippen molar-refractivity contribution in [3.63, 3.8) is 0 Å². The maximum absolute atomic E-state index is 14.7. The topological polar surface area (TPSA) is 220 Å². The Bertz CT molecular complexity index is 1690. The number of methoxy groups -OCH3 is 1. The molecule has 1 aliphatic carbocycles. The number of aliphatic hydroxyl groups excluding tert-OH is 1. The largest absolute Gasteiger partial charge is 0.459 e. The summed E-state index contributed by atoms with van der Waals surface area (Å²) in [5.74, 6) is -6.18. The summed E-state index contributed by atoms with van der Waals surface area (Å²) in [6, 6.07) is -0.309. The highest BCUT2D eigenvalue weighted by molar-refractivity contribution is 5.89. The van der Waals surface area contributed by atoms with Gasteiger partial charge in [0, 0.05) is 58.0 Å². The molecule has 0 bridgehead atoms. The second-order valence-corrected chi connectivity index (χ2v) is 21.5. The molecule has 3 N–H and O–H groups in total. The molecule has 0 aromatic heterocycles. The van der Waals surface area contributed by atoms with Crippen LogP contribution in [-0.4, -0.2) is 161 Å². The van der Waals surface area contributed by atoms with E-state index in [1.54, 1.807) is 34.8 Å². The van der Waals surface area contributed by atoms with E-state index in [1.165, 1.54) is 27.7 Å². The third-order valence-corrected chi connectivity index (χ3v) is 14.8. The van der Waals surface area contributed by atoms with Gasteiger partial charge in [-0.05, 0) is 102 Å². The summed E-state index contributed by atoms with van der Waals surface area (Å²) in [4.78, 5) is 48.1. The van der Waals surface area contributed by atoms with Crippen LogP contribution in [-0.2, 0) is 61.9 Å². The SMILES string of the molecule is CC[C@H]1OC(=O)[C@H](C)[C@@H](O[C@H]2C[C@@](C)(O)[C@@H](OC(C)=O)[C@H](C)O2)[C@H](C)[C@@H](O[C@@H]2O[C@H](C)C[C@H](N(C)C)[C@H]2OC(C)=O)[C@](C)(OC)C[C@@H](C)/C(=N/OC2(OC(C)C)CCCCC2)[C@H](C)[C@@H](O)[C@]1(C)O. The Hall–Kier alpha value is -2.52. The van der Waals surface area contributed by atoms with Gasteiger partial charge in [0.25, 0.3) is 0 Å². The predicted molar refractivity (Wildman–Crippen MR) is 251 cm³/mol. The number of hydrogen-bond donors (Lipinski definition) is 3. The monoisotopic (exact) mass is 973 g/mol. The van der Waals surface area contributed by atoms with Crippen molar-refractivity contribution in [1.82, 2.24) is 4.90 Å². The molecule has 68 heavy (non-hydrogen) atoms. The van der Waals surface area contributed by atoms with E-state index in [4.69, 9.17) is 52.6 Å². The summed E-state index contributed by atoms with van der Waals surface area (Å²) in [5, 5.41) is 41.2. The number of cyclic esters (lactones) is 1. The molecule has 0 spiro atoms. The Kier molecular flexibility index (Phi) is 20.3. The molecule has 4 fully saturated rings. The summed E-state index contributed by atoms with van der Waals surface area (Å²) in [7, 11) is 5.35. The summed E-state index contributed by atoms with van der Waals surface area (Å²) < 4.78 is 57.7. The van der Waals surface area contributed by atoms with E-state index >= 15 is 0 Å². The maximum atomic E-state index is 14.7. The Morgan fingerprint density at radius 1 is 0.868 bits per heavy atom. The van der Waals surface area contributed by atoms with Gasteiger partial charge in [0.05, 0.1) is 59.9 Å². The molecule has 0 amide bonds. The van der Waals surface area contributed by atoms with Crippen LogP contribution in [0.1, 0.15) is 155 Å². The molecule has 394 valence electrons. The number of oxime groups is 1. The molecule has 18 heteroatoms. The molecule has 0 aromatic rings. The predicted octanol–water partition coefficient (Wildman–Crippen LogP) is 5.82. The fourth-order valence-electron chi connectivity index (χ4n) is 11.2. The fraction of sp³-hybridized carbons (Fsp3) is 0.920. The first-order valence-corrected chi connectivity index (χ1v) is 25.0. The Morgan fingerprint density at radius 3 is 2.01 bits per heavy atom. The van der Waals surface area contributed by atoms with Crippen LogP contribution in [0.4, 0.5) is 0 Å². The molecule has 18 nitrogen and oxygen atoms in total. The van der Waals surface area contributed by atoms with E-state index in [-0.39, 0.29) is 37.5 Å². The van der Waals surface area contributed by atoms with Crippen molar-refractivity contribution in [2.75, 3.05) is 21.2 Å². The lowest BCUT2D eigenvalue weighted by molar-refractivity contribution is -0.319. The highest BCUT2D eigenvalue weighted by atomic mass is 16.8. The first-order chi connectivity index (χ1) is 31.5. The van der Waals surface area contributed by atoms with Crippen molar-refractivity contribution in [1.29, 1.82) is 0 Å². The zero-order valence-electron chi connectivity index (χ0n) is 44.1. The molecule has 3 aliphatic heterocycles. The molecule has 0 unspecified atom stereocenters. The van der Waals surface area contributed by atoms with Gasteiger partial charge in [0.15, 0.2) is 24.8 Å². The lowest BCUT2D eigenvalue weighted by Crippen LogP contribution is -2.62. The number of ether oxygens (including phenoxy) is 9. The van der Waals surface area contributed by atoms with Gasteiger partial charge in [-0.2, -0.15) is 0 Å². The maximum Gasteiger partial charge on any atom is 0.311 e. The summed E-state index contributed by atoms with van der Waals surface area (Å²) in [6.07, 6.45) is -5.66. The number of nitrogens with zero attached hydrogens (tertiary/aromatic N) is 2. The second-order valence-electron chi connectivity index (χ2n) is 21.5. The molecule has 0 radical (unpaired) electrons. The first-order valence-electron chi connectivity index (χ1n) is 25.0. The van der Waals surface area contributed by atoms with E-state index in [9.17, 15) is 29.7 Å². The van der Waals surface area contributed by atoms with Gasteiger partial charge in [-0.3, -0.25) is 14.4 Å². The minimum absolute atomic E-state index is 0.138. The second kappa shape index (κ2) is 23.8. The minimum atomic E-state index is -1.99. The summed E-state index contributed by atoms with van der Waals surface area (Å²) >= 11 is 0. The van der Waals surface area contributed by atoms with Gasteiger partial charge >= 0.3 is 17.9 Å². The highest BCUT2D eigenvalue weighted by Gasteiger charge is 2.55. The van der Waals surface area contributed by atoms with Gasteiger partial charge in [-0.15, -0.1) is 0 Å². The molecular weight excluding hydrogens is 885 g/mol. The van der Waals surface area contributed by atoms with Crippen LogP contribution in [0.5, 0.6) is 0 Å². The third kappa shape index (κ3) is 13.9. The zero-order valence-corrected chi connectivity index (χ0v) is 44.1. The molecule has 3 saturated heterocycles. The Morgan fingerprint density at radius 2 is 1.49 bits per heavy atom. The van der Waals surface area contributed by atoms with Crippen LogP contribution in [0.2, 0.25) is 0 Å². The number of hydrogen-bond acceptors (Lipinski definition) is 18. The molecule has 4 aliphatic rings. The summed E-state index contributed by atoms with van der Waals surface area (Å²) in [6.45, 7) is 23.9. The number of rotatable bonds is 13. The smallest absolute Gasteiger partial charge is 0.311 e. The van der Waals surface area contributed by atoms with Crippen LogP contribution >= 0.6 is 0 Å². The molecule has 18 atom stereocenters. The average Bonchev–Trinajstić information content (AvgIpc) is 3.24. The number of carbonyl (C=O) groups is 3. The molecule has 4 rings (SSSR count). The van der Waals surface area contributed by atoms with Crippen molar-refractivity contribution < 1.29 is 77.2 Å². The van der Waals surface area contributed by atoms with E-state index < -0.39 is 119 Å². The van der Waals surface area contributed by atoms with Gasteiger partial charge in [-0.25, -0.2) is 0 Å². The van der Waals surface area contributed by atoms with Gasteiger partial charge < -0.3 is 67.7 Å². The van der Waals surface area contributed by atoms with Crippen LogP contribution in [0.25, 0.3) is 0 Å². The van der Waals surface area contributed by atoms with Gasteiger partial charge in [0.1, 0.15) is 17.3 Å². The van der Waals surface area contributed by atoms with Gasteiger partial charge in [0.2, 0.25) is 5.79 Å². The number of carbonyl (C=O) groups excluding carboxylic acids is 3. The summed E-state index contributed by atoms with van der Waals surface area (Å²) in [5.41, 5.74) is -4.49. The lowest BCUT2D eigenvalue weighted by Gasteiger charge is -2.50. The van der Waals surface area contributed by atoms with Crippen molar-refractivity contribution in [2.45, 2.75) is 251 Å². The minimum Gasteiger partial charge on any atom is -0.459 e. The van der Waals surface area contributed by atoms with Crippen molar-refractivity contribution >= 4 is 23.6 Å². The van der Waals surface area contributed by atoms with E-state index in [0.717, 1.165) is 19.3 Å². The van der Waals surface area contributed by atoms with Gasteiger partial charge in [-0.1, -0.05) is 39.3 Å². The highest BCUT2D eigenvalue weighted by Crippen LogP contribution is 2.43. The number of likely N-dealkylation sites (N-methyl/N-ethyl adjacent to an activating group) is 1. The Labute approximate surface area is 405 Å². The van der Waals surface area contributed by atoms with Crippen LogP contribution in [0.3, 0.4) is 0 Å². The molecule has 0 aromatic carbocycles. The zero-order chi connectivity index (χ0) is 51.3. The standard InChI is InChI=1S/C50H88N2O16/c1-18-37-49(14,58)42(55)30(6)39(51-68-50(67-27(2)3)22-20-19-21-23-50)28(4)25-48(13,59-17)43(66-46-41(62-34(10)53)36(52(15)16)24-29(5)60-46)31(7)40(32(8)45(56)64-37)65-38-26-47(12,57)44(33(9)61-38)63-35(11)54/h27-33,36-38,40-44,46,55,57-58H,18-26H2,1-17H3/b51-39-/t28-,29-,30+,31+,32-,33+,36+,37-,38+,40+,41-,42-,43-,44+,46+,47-,48-,49-/m1/s1. The fourth-order valence-corrected chi connectivity index (χ4v) is 11.2. The number of aliphatic hydroxyl groups is 3. The van der Waals surface area contributed by atoms with Crippen molar-refractivity contribution in [3.8, 4) is 0 Å². The van der Waals surface area contributed by atoms with E-state index in [0.29, 0.717) is 25.0 Å². The number of esters is 3. The van der Waals surface area contributed by atoms with Crippen molar-refractivity contribution in [2.24, 2.45) is 28.8 Å². The molecular formula is C50H88N2O16. The molecule has 1 saturated carbocycles. The normalized spacial score (nSPS) is 42.8. The lowest BCUT2D eigenvalue weighted by atomic mass is 9.73. The van der Waals surface area contributed by atoms with Crippen LogP contribution in [0.15, 0.2) is 5.16 Å². The Balaban J connectivity index is 1.97. The van der Waals surface area contributed by atoms with Crippen LogP contribution < -0.4 is 0 Å². The third-order valence-electron chi connectivity index (χ3n) is 14.8. The quantitative estimate of drug-likeness (QED) is 0.0857.